The van der Waals surface area contributed by atoms with Crippen molar-refractivity contribution in [2.75, 3.05) is 25.7 Å². The molecular formula is C28H37N6O8P. The summed E-state index contributed by atoms with van der Waals surface area (Å²) in [6.45, 7) is 6.28. The number of carbonyl (C=O) groups is 1. The molecule has 0 spiro atoms. The Bertz CT molecular complexity index is 1630. The molecule has 3 aromatic heterocycles. The lowest BCUT2D eigenvalue weighted by molar-refractivity contribution is -0.0746. The van der Waals surface area contributed by atoms with Gasteiger partial charge >= 0.3 is 13.9 Å². The van der Waals surface area contributed by atoms with Crippen LogP contribution in [0.25, 0.3) is 16.4 Å². The average Bonchev–Trinajstić information content (AvgIpc) is 3.65. The van der Waals surface area contributed by atoms with Gasteiger partial charge in [-0.25, -0.2) is 23.9 Å². The third-order valence-electron chi connectivity index (χ3n) is 7.66. The monoisotopic (exact) mass is 616 g/mol. The van der Waals surface area contributed by atoms with E-state index in [1.54, 1.807) is 24.4 Å². The molecule has 43 heavy (non-hydrogen) atoms. The molecule has 1 fully saturated rings. The lowest BCUT2D eigenvalue weighted by Crippen LogP contribution is -2.32. The van der Waals surface area contributed by atoms with Crippen LogP contribution < -0.4 is 10.8 Å². The first kappa shape index (κ1) is 30.9. The van der Waals surface area contributed by atoms with Crippen molar-refractivity contribution in [1.82, 2.24) is 24.7 Å². The third-order valence-corrected chi connectivity index (χ3v) is 9.21. The number of carbonyl (C=O) groups excluding carboxylic acids is 1. The highest BCUT2D eigenvalue weighted by Crippen LogP contribution is 2.48. The maximum Gasteiger partial charge on any atom is 0.510 e. The number of hydrogen-bond donors (Lipinski definition) is 4. The van der Waals surface area contributed by atoms with Crippen molar-refractivity contribution in [1.29, 1.82) is 0 Å². The van der Waals surface area contributed by atoms with Crippen molar-refractivity contribution in [3.05, 3.63) is 60.2 Å². The summed E-state index contributed by atoms with van der Waals surface area (Å²) < 4.78 is 42.8. The first-order valence-electron chi connectivity index (χ1n) is 14.0. The van der Waals surface area contributed by atoms with Gasteiger partial charge in [-0.05, 0) is 51.0 Å². The van der Waals surface area contributed by atoms with Crippen LogP contribution in [0.2, 0.25) is 0 Å². The van der Waals surface area contributed by atoms with Crippen molar-refractivity contribution < 1.29 is 37.7 Å². The molecule has 5 atom stereocenters. The Morgan fingerprint density at radius 1 is 1.28 bits per heavy atom. The molecule has 0 saturated carbocycles. The molecule has 4 heterocycles. The number of fused-ring (bicyclic) bond motifs is 2. The Morgan fingerprint density at radius 3 is 2.86 bits per heavy atom. The number of para-hydroxylation sites is 1. The number of aromatic amines is 1. The molecule has 4 aromatic rings. The largest absolute Gasteiger partial charge is 0.510 e. The van der Waals surface area contributed by atoms with Crippen molar-refractivity contribution in [2.45, 2.75) is 58.0 Å². The zero-order valence-electron chi connectivity index (χ0n) is 24.4. The second-order valence-corrected chi connectivity index (χ2v) is 12.6. The van der Waals surface area contributed by atoms with Gasteiger partial charge in [-0.1, -0.05) is 25.1 Å². The molecule has 15 heteroatoms. The summed E-state index contributed by atoms with van der Waals surface area (Å²) >= 11 is 0. The molecule has 1 saturated heterocycles. The summed E-state index contributed by atoms with van der Waals surface area (Å²) in [6, 6.07) is 11.4. The summed E-state index contributed by atoms with van der Waals surface area (Å²) in [5.74, 6) is -0.0908. The summed E-state index contributed by atoms with van der Waals surface area (Å²) in [4.78, 5) is 19.1. The highest BCUT2D eigenvalue weighted by Gasteiger charge is 2.52. The number of aliphatic hydroxyl groups is 1. The van der Waals surface area contributed by atoms with E-state index < -0.39 is 50.5 Å². The molecule has 1 aliphatic rings. The van der Waals surface area contributed by atoms with E-state index in [9.17, 15) is 14.5 Å². The minimum absolute atomic E-state index is 0.217. The topological polar surface area (TPSA) is 185 Å². The molecule has 14 nitrogen and oxygen atoms in total. The van der Waals surface area contributed by atoms with Gasteiger partial charge in [-0.3, -0.25) is 9.05 Å². The number of nitrogens with two attached hydrogens (primary N) is 1. The smallest absolute Gasteiger partial charge is 0.432 e. The number of H-pyrrole nitrogens is 1. The van der Waals surface area contributed by atoms with Crippen molar-refractivity contribution >= 4 is 36.1 Å². The van der Waals surface area contributed by atoms with Gasteiger partial charge < -0.3 is 30.0 Å². The summed E-state index contributed by atoms with van der Waals surface area (Å²) in [7, 11) is -4.06. The van der Waals surface area contributed by atoms with E-state index in [0.717, 1.165) is 16.5 Å². The summed E-state index contributed by atoms with van der Waals surface area (Å²) in [5, 5.41) is 19.3. The van der Waals surface area contributed by atoms with Gasteiger partial charge in [0.2, 0.25) is 6.79 Å². The normalized spacial score (nSPS) is 23.6. The van der Waals surface area contributed by atoms with E-state index in [2.05, 4.69) is 20.2 Å². The van der Waals surface area contributed by atoms with E-state index in [-0.39, 0.29) is 13.2 Å². The zero-order valence-corrected chi connectivity index (χ0v) is 25.3. The number of nitrogens with zero attached hydrogens (tertiary/aromatic N) is 3. The first-order valence-corrected chi connectivity index (χ1v) is 15.5. The maximum absolute atomic E-state index is 13.8. The fraction of sp³-hybridized carbons (Fsp3) is 0.464. The number of hydrogen-bond acceptors (Lipinski definition) is 11. The van der Waals surface area contributed by atoms with Gasteiger partial charge in [0, 0.05) is 29.6 Å². The Balaban J connectivity index is 1.27. The molecule has 5 N–H and O–H groups in total. The summed E-state index contributed by atoms with van der Waals surface area (Å²) in [5.41, 5.74) is 8.28. The second-order valence-electron chi connectivity index (χ2n) is 10.8. The SMILES string of the molecule is CC(C)OC(=O)OCOP(=O)(NCCc1c[nH]c2ccccc12)OC[C@H]1O[C@@](C)(c2ccc3c(N)ncnn23)[C@@H](C)[C@@H]1O. The number of nitrogens with one attached hydrogen (secondary N) is 2. The minimum Gasteiger partial charge on any atom is -0.432 e. The Morgan fingerprint density at radius 2 is 2.07 bits per heavy atom. The second kappa shape index (κ2) is 12.6. The predicted octanol–water partition coefficient (Wildman–Crippen LogP) is 3.90. The quantitative estimate of drug-likeness (QED) is 0.102. The number of nitrogen functional groups attached to an aromatic ring is 1. The van der Waals surface area contributed by atoms with E-state index in [4.69, 9.17) is 29.0 Å². The number of ether oxygens (including phenoxy) is 3. The van der Waals surface area contributed by atoms with Crippen LogP contribution in [0.4, 0.5) is 10.6 Å². The van der Waals surface area contributed by atoms with Crippen molar-refractivity contribution in [3.8, 4) is 0 Å². The molecule has 1 unspecified atom stereocenters. The van der Waals surface area contributed by atoms with E-state index >= 15 is 0 Å². The van der Waals surface area contributed by atoms with Gasteiger partial charge in [0.25, 0.3) is 0 Å². The van der Waals surface area contributed by atoms with Crippen LogP contribution in [0.1, 0.15) is 39.0 Å². The Kier molecular flexibility index (Phi) is 9.07. The first-order chi connectivity index (χ1) is 20.5. The van der Waals surface area contributed by atoms with Crippen LogP contribution in [0.5, 0.6) is 0 Å². The van der Waals surface area contributed by atoms with Gasteiger partial charge in [0.1, 0.15) is 23.5 Å². The van der Waals surface area contributed by atoms with Crippen molar-refractivity contribution in [2.24, 2.45) is 5.92 Å². The molecule has 0 radical (unpaired) electrons. The van der Waals surface area contributed by atoms with Crippen LogP contribution in [0.15, 0.2) is 48.9 Å². The molecule has 0 aliphatic carbocycles. The number of aromatic nitrogens is 4. The molecular weight excluding hydrogens is 579 g/mol. The summed E-state index contributed by atoms with van der Waals surface area (Å²) in [6.07, 6.45) is 0.516. The fourth-order valence-electron chi connectivity index (χ4n) is 5.23. The molecule has 5 rings (SSSR count). The molecule has 1 aliphatic heterocycles. The Labute approximate surface area is 248 Å². The third kappa shape index (κ3) is 6.54. The number of aliphatic hydroxyl groups excluding tert-OH is 1. The van der Waals surface area contributed by atoms with Crippen molar-refractivity contribution in [3.63, 3.8) is 0 Å². The van der Waals surface area contributed by atoms with E-state index in [1.807, 2.05) is 50.4 Å². The predicted molar refractivity (Wildman–Crippen MR) is 157 cm³/mol. The lowest BCUT2D eigenvalue weighted by atomic mass is 9.85. The van der Waals surface area contributed by atoms with E-state index in [0.29, 0.717) is 23.4 Å². The van der Waals surface area contributed by atoms with Gasteiger partial charge in [-0.2, -0.15) is 5.10 Å². The standard InChI is InChI=1S/C28H37N6O8P/c1-17(2)41-27(36)38-16-40-43(37,33-12-11-19-13-30-21-8-6-5-7-20(19)21)39-14-23-25(35)18(3)28(4,42-23)24-10-9-22-26(29)31-15-32-34(22)24/h5-10,13,15,17-18,23,25,30,35H,11-12,14,16H2,1-4H3,(H,33,37)(H2,29,31,32)/t18-,23+,25-,28+,43?/m0/s1. The van der Waals surface area contributed by atoms with Crippen LogP contribution in [-0.4, -0.2) is 69.1 Å². The minimum atomic E-state index is -4.06. The van der Waals surface area contributed by atoms with Crippen LogP contribution >= 0.6 is 7.75 Å². The molecule has 0 bridgehead atoms. The van der Waals surface area contributed by atoms with Crippen LogP contribution in [0.3, 0.4) is 0 Å². The van der Waals surface area contributed by atoms with Crippen LogP contribution in [0, 0.1) is 5.92 Å². The average molecular weight is 617 g/mol. The highest BCUT2D eigenvalue weighted by molar-refractivity contribution is 7.51. The number of anilines is 1. The molecule has 232 valence electrons. The molecule has 0 amide bonds. The Hall–Kier alpha value is -3.52. The van der Waals surface area contributed by atoms with Gasteiger partial charge in [0.05, 0.1) is 24.5 Å². The zero-order chi connectivity index (χ0) is 30.8. The van der Waals surface area contributed by atoms with Crippen LogP contribution in [-0.2, 0) is 39.8 Å². The van der Waals surface area contributed by atoms with Gasteiger partial charge in [-0.15, -0.1) is 0 Å². The number of benzene rings is 1. The number of rotatable bonds is 12. The molecule has 1 aromatic carbocycles. The maximum atomic E-state index is 13.8. The fourth-order valence-corrected chi connectivity index (χ4v) is 6.41. The van der Waals surface area contributed by atoms with E-state index in [1.165, 1.54) is 6.33 Å². The lowest BCUT2D eigenvalue weighted by Gasteiger charge is -2.28. The van der Waals surface area contributed by atoms with Gasteiger partial charge in [0.15, 0.2) is 5.82 Å². The highest BCUT2D eigenvalue weighted by atomic mass is 31.2.